The molecule has 0 aliphatic rings. The molecule has 1 atom stereocenters. The van der Waals surface area contributed by atoms with E-state index in [-0.39, 0.29) is 19.3 Å². The van der Waals surface area contributed by atoms with Gasteiger partial charge in [0.25, 0.3) is 0 Å². The Morgan fingerprint density at radius 2 is 1.88 bits per heavy atom. The van der Waals surface area contributed by atoms with Crippen molar-refractivity contribution in [3.05, 3.63) is 40.5 Å². The second kappa shape index (κ2) is 9.16. The lowest BCUT2D eigenvalue weighted by atomic mass is 10.1. The maximum Gasteiger partial charge on any atom is 0.343 e. The van der Waals surface area contributed by atoms with Crippen LogP contribution in [0.1, 0.15) is 25.8 Å². The van der Waals surface area contributed by atoms with E-state index in [2.05, 4.69) is 9.73 Å². The Bertz CT molecular complexity index is 700. The molecule has 9 heteroatoms. The van der Waals surface area contributed by atoms with Crippen molar-refractivity contribution in [3.63, 3.8) is 0 Å². The van der Waals surface area contributed by atoms with Crippen LogP contribution < -0.4 is 0 Å². The first kappa shape index (κ1) is 20.6. The molecule has 0 saturated heterocycles. The van der Waals surface area contributed by atoms with Crippen LogP contribution in [-0.2, 0) is 9.53 Å². The Kier molecular flexibility index (Phi) is 7.56. The Labute approximate surface area is 141 Å². The minimum absolute atomic E-state index is 0.102. The molecule has 0 aliphatic carbocycles. The van der Waals surface area contributed by atoms with Crippen LogP contribution in [0.15, 0.2) is 16.6 Å². The van der Waals surface area contributed by atoms with Crippen molar-refractivity contribution < 1.29 is 37.3 Å². The van der Waals surface area contributed by atoms with Crippen molar-refractivity contribution in [2.75, 3.05) is 13.2 Å². The Morgan fingerprint density at radius 1 is 1.24 bits per heavy atom. The fourth-order valence-electron chi connectivity index (χ4n) is 1.77. The van der Waals surface area contributed by atoms with Gasteiger partial charge >= 0.3 is 5.97 Å². The number of esters is 1. The number of hydrogen-bond donors (Lipinski definition) is 2. The van der Waals surface area contributed by atoms with Gasteiger partial charge in [-0.15, -0.1) is 0 Å². The summed E-state index contributed by atoms with van der Waals surface area (Å²) >= 11 is 0. The van der Waals surface area contributed by atoms with Crippen LogP contribution in [-0.4, -0.2) is 41.7 Å². The molecule has 0 saturated carbocycles. The van der Waals surface area contributed by atoms with Crippen LogP contribution in [0.3, 0.4) is 0 Å². The third-order valence-corrected chi connectivity index (χ3v) is 3.20. The highest BCUT2D eigenvalue weighted by Gasteiger charge is 2.25. The van der Waals surface area contributed by atoms with Crippen molar-refractivity contribution in [1.82, 2.24) is 0 Å². The standard InChI is InChI=1S/C16H17F4NO4/c1-3-8(7-22)21-6-10(16(24)25-4-2)15(23)9-5-11(17)13(19)14(20)12(9)18/h5-6,8,22-23H,3-4,7H2,1-2H3/b15-10-,21-6?. The van der Waals surface area contributed by atoms with Gasteiger partial charge in [-0.1, -0.05) is 6.92 Å². The van der Waals surface area contributed by atoms with Crippen LogP contribution in [0.5, 0.6) is 0 Å². The van der Waals surface area contributed by atoms with Crippen molar-refractivity contribution >= 4 is 17.9 Å². The lowest BCUT2D eigenvalue weighted by molar-refractivity contribution is -0.137. The molecule has 0 spiro atoms. The van der Waals surface area contributed by atoms with E-state index in [1.54, 1.807) is 6.92 Å². The van der Waals surface area contributed by atoms with Crippen molar-refractivity contribution in [2.45, 2.75) is 26.3 Å². The van der Waals surface area contributed by atoms with E-state index < -0.39 is 52.2 Å². The van der Waals surface area contributed by atoms with Crippen LogP contribution in [0.2, 0.25) is 0 Å². The number of hydrogen-bond acceptors (Lipinski definition) is 5. The second-order valence-corrected chi connectivity index (χ2v) is 4.85. The summed E-state index contributed by atoms with van der Waals surface area (Å²) in [6.45, 7) is 2.69. The molecule has 1 rings (SSSR count). The molecular formula is C16H17F4NO4. The van der Waals surface area contributed by atoms with Gasteiger partial charge in [0.1, 0.15) is 11.3 Å². The molecule has 5 nitrogen and oxygen atoms in total. The van der Waals surface area contributed by atoms with E-state index in [1.807, 2.05) is 0 Å². The summed E-state index contributed by atoms with van der Waals surface area (Å²) in [5, 5.41) is 19.2. The lowest BCUT2D eigenvalue weighted by Crippen LogP contribution is -2.15. The summed E-state index contributed by atoms with van der Waals surface area (Å²) in [6, 6.07) is -0.414. The van der Waals surface area contributed by atoms with E-state index in [1.165, 1.54) is 6.92 Å². The van der Waals surface area contributed by atoms with E-state index in [0.29, 0.717) is 6.42 Å². The first-order valence-corrected chi connectivity index (χ1v) is 7.36. The predicted molar refractivity (Wildman–Crippen MR) is 82.1 cm³/mol. The zero-order valence-corrected chi connectivity index (χ0v) is 13.5. The van der Waals surface area contributed by atoms with Crippen molar-refractivity contribution in [3.8, 4) is 0 Å². The largest absolute Gasteiger partial charge is 0.506 e. The van der Waals surface area contributed by atoms with Gasteiger partial charge in [0, 0.05) is 6.21 Å². The Balaban J connectivity index is 3.52. The van der Waals surface area contributed by atoms with Gasteiger partial charge in [0.05, 0.1) is 24.8 Å². The molecule has 0 aliphatic heterocycles. The minimum Gasteiger partial charge on any atom is -0.506 e. The van der Waals surface area contributed by atoms with E-state index in [4.69, 9.17) is 5.11 Å². The number of rotatable bonds is 7. The number of benzene rings is 1. The molecular weight excluding hydrogens is 346 g/mol. The molecule has 25 heavy (non-hydrogen) atoms. The highest BCUT2D eigenvalue weighted by molar-refractivity contribution is 6.15. The van der Waals surface area contributed by atoms with E-state index >= 15 is 0 Å². The number of halogens is 4. The average Bonchev–Trinajstić information content (AvgIpc) is 2.59. The third-order valence-electron chi connectivity index (χ3n) is 3.20. The third kappa shape index (κ3) is 4.79. The topological polar surface area (TPSA) is 79.1 Å². The number of ether oxygens (including phenoxy) is 1. The van der Waals surface area contributed by atoms with Crippen LogP contribution in [0.25, 0.3) is 5.76 Å². The van der Waals surface area contributed by atoms with Gasteiger partial charge in [-0.2, -0.15) is 0 Å². The Hall–Kier alpha value is -2.42. The molecule has 1 aromatic rings. The lowest BCUT2D eigenvalue weighted by Gasteiger charge is -2.10. The van der Waals surface area contributed by atoms with Gasteiger partial charge in [-0.25, -0.2) is 22.4 Å². The Morgan fingerprint density at radius 3 is 2.40 bits per heavy atom. The zero-order chi connectivity index (χ0) is 19.1. The number of nitrogens with zero attached hydrogens (tertiary/aromatic N) is 1. The first-order chi connectivity index (χ1) is 11.8. The number of aliphatic hydroxyl groups excluding tert-OH is 2. The van der Waals surface area contributed by atoms with Gasteiger partial charge in [0.2, 0.25) is 0 Å². The van der Waals surface area contributed by atoms with Crippen LogP contribution in [0, 0.1) is 23.3 Å². The smallest absolute Gasteiger partial charge is 0.343 e. The molecule has 0 aromatic heterocycles. The molecule has 1 unspecified atom stereocenters. The van der Waals surface area contributed by atoms with Crippen molar-refractivity contribution in [1.29, 1.82) is 0 Å². The van der Waals surface area contributed by atoms with Crippen LogP contribution >= 0.6 is 0 Å². The molecule has 0 radical (unpaired) electrons. The minimum atomic E-state index is -2.14. The number of carbonyl (C=O) groups is 1. The maximum absolute atomic E-state index is 13.8. The fourth-order valence-corrected chi connectivity index (χ4v) is 1.77. The molecule has 0 bridgehead atoms. The maximum atomic E-state index is 13.8. The molecule has 1 aromatic carbocycles. The summed E-state index contributed by atoms with van der Waals surface area (Å²) in [6.07, 6.45) is 1.19. The quantitative estimate of drug-likeness (QED) is 0.149. The molecule has 0 amide bonds. The normalized spacial score (nSPS) is 13.7. The van der Waals surface area contributed by atoms with Crippen LogP contribution in [0.4, 0.5) is 17.6 Å². The van der Waals surface area contributed by atoms with E-state index in [0.717, 1.165) is 6.21 Å². The second-order valence-electron chi connectivity index (χ2n) is 4.85. The van der Waals surface area contributed by atoms with Crippen molar-refractivity contribution in [2.24, 2.45) is 4.99 Å². The number of carbonyl (C=O) groups excluding carboxylic acids is 1. The monoisotopic (exact) mass is 363 g/mol. The summed E-state index contributed by atoms with van der Waals surface area (Å²) in [5.41, 5.74) is -1.76. The fraction of sp³-hybridized carbons (Fsp3) is 0.375. The molecule has 2 N–H and O–H groups in total. The highest BCUT2D eigenvalue weighted by atomic mass is 19.2. The van der Waals surface area contributed by atoms with E-state index in [9.17, 15) is 27.5 Å². The zero-order valence-electron chi connectivity index (χ0n) is 13.5. The van der Waals surface area contributed by atoms with Gasteiger partial charge in [0.15, 0.2) is 23.3 Å². The predicted octanol–water partition coefficient (Wildman–Crippen LogP) is 2.92. The summed E-state index contributed by atoms with van der Waals surface area (Å²) < 4.78 is 58.2. The summed E-state index contributed by atoms with van der Waals surface area (Å²) in [5.74, 6) is -10.1. The van der Waals surface area contributed by atoms with Gasteiger partial charge in [-0.3, -0.25) is 4.99 Å². The highest BCUT2D eigenvalue weighted by Crippen LogP contribution is 2.25. The molecule has 138 valence electrons. The summed E-state index contributed by atoms with van der Waals surface area (Å²) in [7, 11) is 0. The molecule has 0 heterocycles. The average molecular weight is 363 g/mol. The van der Waals surface area contributed by atoms with Gasteiger partial charge in [-0.05, 0) is 19.4 Å². The first-order valence-electron chi connectivity index (χ1n) is 7.36. The number of aliphatic hydroxyl groups is 2. The summed E-state index contributed by atoms with van der Waals surface area (Å²) in [4.78, 5) is 15.7. The number of aliphatic imine (C=N–C) groups is 1. The SMILES string of the molecule is CCOC(=O)/C(C=NC(CC)CO)=C(\O)c1cc(F)c(F)c(F)c1F. The molecule has 0 fully saturated rings. The van der Waals surface area contributed by atoms with Gasteiger partial charge < -0.3 is 14.9 Å².